The van der Waals surface area contributed by atoms with E-state index in [9.17, 15) is 8.42 Å². The van der Waals surface area contributed by atoms with Gasteiger partial charge in [-0.1, -0.05) is 0 Å². The van der Waals surface area contributed by atoms with Crippen LogP contribution in [-0.4, -0.2) is 45.3 Å². The first-order valence-corrected chi connectivity index (χ1v) is 8.18. The standard InChI is InChI=1S/C13H17N5O2S/c1-10-3-5-14-13(16-10)11-4-6-18(7-11)21(19,20)12-8-17(2)9-15-12/h3,5,8-9,11H,4,6-7H2,1-2H3/t11-/m0/s1. The SMILES string of the molecule is Cc1ccnc([C@H]2CCN(S(=O)(=O)c3cn(C)cn3)C2)n1. The van der Waals surface area contributed by atoms with Crippen molar-refractivity contribution in [2.45, 2.75) is 24.3 Å². The second-order valence-corrected chi connectivity index (χ2v) is 7.17. The number of hydrogen-bond donors (Lipinski definition) is 0. The summed E-state index contributed by atoms with van der Waals surface area (Å²) in [6.07, 6.45) is 5.46. The van der Waals surface area contributed by atoms with Crippen molar-refractivity contribution in [3.8, 4) is 0 Å². The molecule has 1 aliphatic heterocycles. The highest BCUT2D eigenvalue weighted by atomic mass is 32.2. The molecular weight excluding hydrogens is 290 g/mol. The van der Waals surface area contributed by atoms with Crippen LogP contribution in [0.25, 0.3) is 0 Å². The minimum absolute atomic E-state index is 0.0448. The minimum Gasteiger partial charge on any atom is -0.339 e. The number of imidazole rings is 1. The maximum absolute atomic E-state index is 12.5. The molecule has 21 heavy (non-hydrogen) atoms. The monoisotopic (exact) mass is 307 g/mol. The Bertz CT molecular complexity index is 755. The molecule has 0 N–H and O–H groups in total. The minimum atomic E-state index is -3.52. The predicted molar refractivity (Wildman–Crippen MR) is 76.1 cm³/mol. The maximum atomic E-state index is 12.5. The van der Waals surface area contributed by atoms with Gasteiger partial charge in [-0.25, -0.2) is 23.4 Å². The van der Waals surface area contributed by atoms with Gasteiger partial charge >= 0.3 is 0 Å². The van der Waals surface area contributed by atoms with E-state index in [1.807, 2.05) is 13.0 Å². The van der Waals surface area contributed by atoms with E-state index in [1.165, 1.54) is 16.8 Å². The number of hydrogen-bond acceptors (Lipinski definition) is 5. The predicted octanol–water partition coefficient (Wildman–Crippen LogP) is 0.697. The van der Waals surface area contributed by atoms with Crippen molar-refractivity contribution in [1.29, 1.82) is 0 Å². The summed E-state index contributed by atoms with van der Waals surface area (Å²) in [4.78, 5) is 12.6. The Morgan fingerprint density at radius 1 is 1.33 bits per heavy atom. The summed E-state index contributed by atoms with van der Waals surface area (Å²) in [7, 11) is -1.77. The van der Waals surface area contributed by atoms with Gasteiger partial charge in [-0.15, -0.1) is 0 Å². The molecule has 1 aliphatic rings. The van der Waals surface area contributed by atoms with Crippen molar-refractivity contribution in [3.05, 3.63) is 36.3 Å². The van der Waals surface area contributed by atoms with Crippen molar-refractivity contribution in [2.24, 2.45) is 7.05 Å². The number of aryl methyl sites for hydroxylation is 2. The van der Waals surface area contributed by atoms with E-state index in [-0.39, 0.29) is 10.9 Å². The lowest BCUT2D eigenvalue weighted by atomic mass is 10.1. The zero-order chi connectivity index (χ0) is 15.0. The number of rotatable bonds is 3. The Morgan fingerprint density at radius 3 is 2.81 bits per heavy atom. The molecule has 0 amide bonds. The smallest absolute Gasteiger partial charge is 0.262 e. The lowest BCUT2D eigenvalue weighted by Gasteiger charge is -2.14. The van der Waals surface area contributed by atoms with Crippen LogP contribution < -0.4 is 0 Å². The first-order chi connectivity index (χ1) is 9.96. The highest BCUT2D eigenvalue weighted by Crippen LogP contribution is 2.28. The van der Waals surface area contributed by atoms with E-state index in [1.54, 1.807) is 17.8 Å². The van der Waals surface area contributed by atoms with Crippen molar-refractivity contribution in [2.75, 3.05) is 13.1 Å². The average Bonchev–Trinajstić information content (AvgIpc) is 3.07. The highest BCUT2D eigenvalue weighted by Gasteiger charge is 2.35. The molecule has 0 unspecified atom stereocenters. The van der Waals surface area contributed by atoms with Crippen molar-refractivity contribution < 1.29 is 8.42 Å². The fraction of sp³-hybridized carbons (Fsp3) is 0.462. The average molecular weight is 307 g/mol. The van der Waals surface area contributed by atoms with Crippen LogP contribution in [0.2, 0.25) is 0 Å². The molecule has 2 aromatic heterocycles. The lowest BCUT2D eigenvalue weighted by molar-refractivity contribution is 0.468. The summed E-state index contributed by atoms with van der Waals surface area (Å²) in [5.41, 5.74) is 0.894. The Balaban J connectivity index is 1.81. The number of aromatic nitrogens is 4. The first-order valence-electron chi connectivity index (χ1n) is 6.74. The number of sulfonamides is 1. The van der Waals surface area contributed by atoms with Gasteiger partial charge in [-0.3, -0.25) is 0 Å². The largest absolute Gasteiger partial charge is 0.339 e. The second kappa shape index (κ2) is 5.19. The van der Waals surface area contributed by atoms with Crippen LogP contribution in [0.5, 0.6) is 0 Å². The van der Waals surface area contributed by atoms with Crippen LogP contribution in [0.15, 0.2) is 29.8 Å². The van der Waals surface area contributed by atoms with Crippen LogP contribution in [0.1, 0.15) is 23.9 Å². The molecule has 0 radical (unpaired) electrons. The molecule has 0 aliphatic carbocycles. The van der Waals surface area contributed by atoms with Crippen molar-refractivity contribution >= 4 is 10.0 Å². The van der Waals surface area contributed by atoms with Gasteiger partial charge in [0.25, 0.3) is 10.0 Å². The Hall–Kier alpha value is -1.80. The topological polar surface area (TPSA) is 81.0 Å². The van der Waals surface area contributed by atoms with Crippen molar-refractivity contribution in [3.63, 3.8) is 0 Å². The van der Waals surface area contributed by atoms with E-state index < -0.39 is 10.0 Å². The van der Waals surface area contributed by atoms with Gasteiger partial charge in [0.2, 0.25) is 0 Å². The summed E-state index contributed by atoms with van der Waals surface area (Å²) in [5, 5.41) is 0.0933. The fourth-order valence-electron chi connectivity index (χ4n) is 2.48. The van der Waals surface area contributed by atoms with Gasteiger partial charge in [-0.05, 0) is 19.4 Å². The highest BCUT2D eigenvalue weighted by molar-refractivity contribution is 7.89. The maximum Gasteiger partial charge on any atom is 0.262 e. The quantitative estimate of drug-likeness (QED) is 0.833. The van der Waals surface area contributed by atoms with E-state index in [0.717, 1.165) is 12.1 Å². The second-order valence-electron chi connectivity index (χ2n) is 5.28. The van der Waals surface area contributed by atoms with Crippen LogP contribution >= 0.6 is 0 Å². The Labute approximate surface area is 123 Å². The van der Waals surface area contributed by atoms with Gasteiger partial charge in [0.05, 0.1) is 6.33 Å². The van der Waals surface area contributed by atoms with Crippen LogP contribution in [-0.2, 0) is 17.1 Å². The van der Waals surface area contributed by atoms with Crippen molar-refractivity contribution in [1.82, 2.24) is 23.8 Å². The molecule has 3 heterocycles. The van der Waals surface area contributed by atoms with Crippen LogP contribution in [0.4, 0.5) is 0 Å². The van der Waals surface area contributed by atoms with Gasteiger partial charge in [-0.2, -0.15) is 4.31 Å². The van der Waals surface area contributed by atoms with Gasteiger partial charge in [0.15, 0.2) is 5.03 Å². The molecule has 1 saturated heterocycles. The van der Waals surface area contributed by atoms with Gasteiger partial charge in [0.1, 0.15) is 5.82 Å². The summed E-state index contributed by atoms with van der Waals surface area (Å²) in [6.45, 7) is 2.78. The Kier molecular flexibility index (Phi) is 3.50. The third-order valence-corrected chi connectivity index (χ3v) is 5.37. The zero-order valence-electron chi connectivity index (χ0n) is 12.0. The third-order valence-electron chi connectivity index (χ3n) is 3.61. The Morgan fingerprint density at radius 2 is 2.14 bits per heavy atom. The normalized spacial score (nSPS) is 20.0. The van der Waals surface area contributed by atoms with Gasteiger partial charge in [0, 0.05) is 44.1 Å². The van der Waals surface area contributed by atoms with Crippen LogP contribution in [0.3, 0.4) is 0 Å². The molecule has 0 bridgehead atoms. The molecule has 7 nitrogen and oxygen atoms in total. The fourth-order valence-corrected chi connectivity index (χ4v) is 3.94. The van der Waals surface area contributed by atoms with Gasteiger partial charge < -0.3 is 4.57 Å². The molecule has 112 valence electrons. The lowest BCUT2D eigenvalue weighted by Crippen LogP contribution is -2.29. The molecule has 0 saturated carbocycles. The molecule has 1 atom stereocenters. The summed E-state index contributed by atoms with van der Waals surface area (Å²) in [5.74, 6) is 0.761. The third kappa shape index (κ3) is 2.68. The first kappa shape index (κ1) is 14.2. The summed E-state index contributed by atoms with van der Waals surface area (Å²) >= 11 is 0. The molecule has 3 rings (SSSR count). The molecule has 8 heteroatoms. The molecular formula is C13H17N5O2S. The molecule has 0 aromatic carbocycles. The zero-order valence-corrected chi connectivity index (χ0v) is 12.8. The van der Waals surface area contributed by atoms with E-state index in [0.29, 0.717) is 18.9 Å². The molecule has 2 aromatic rings. The van der Waals surface area contributed by atoms with E-state index in [2.05, 4.69) is 15.0 Å². The number of nitrogens with zero attached hydrogens (tertiary/aromatic N) is 5. The summed E-state index contributed by atoms with van der Waals surface area (Å²) in [6, 6.07) is 1.83. The molecule has 0 spiro atoms. The van der Waals surface area contributed by atoms with E-state index >= 15 is 0 Å². The molecule has 1 fully saturated rings. The van der Waals surface area contributed by atoms with E-state index in [4.69, 9.17) is 0 Å². The van der Waals surface area contributed by atoms with Crippen LogP contribution in [0, 0.1) is 6.92 Å². The summed E-state index contributed by atoms with van der Waals surface area (Å²) < 4.78 is 28.1.